The standard InChI is InChI=1S/C31H33BrN4O2S/c32-24-11-9-21(10-12-24)17-27(34-29(37)26-18-22-5-1-2-6-23(22)19-33-26)30(38)35-15-13-31(14-16-35)20-36(39)28-8-4-3-7-25(28)31/h1-12,26-27,33,39H,13-20H2,(H,34,37)/t26-,27+/m0/s1. The number of hydrogen-bond donors (Lipinski definition) is 3. The van der Waals surface area contributed by atoms with Gasteiger partial charge < -0.3 is 19.8 Å². The minimum atomic E-state index is -0.621. The molecule has 3 heterocycles. The van der Waals surface area contributed by atoms with E-state index in [9.17, 15) is 9.59 Å². The summed E-state index contributed by atoms with van der Waals surface area (Å²) in [7, 11) is 0. The van der Waals surface area contributed by atoms with E-state index in [0.717, 1.165) is 29.4 Å². The van der Waals surface area contributed by atoms with Gasteiger partial charge in [-0.3, -0.25) is 9.59 Å². The van der Waals surface area contributed by atoms with Crippen molar-refractivity contribution in [3.8, 4) is 0 Å². The number of nitrogens with zero attached hydrogens (tertiary/aromatic N) is 2. The first kappa shape index (κ1) is 26.4. The first-order valence-corrected chi connectivity index (χ1v) is 14.8. The third kappa shape index (κ3) is 5.34. The lowest BCUT2D eigenvalue weighted by Gasteiger charge is -2.41. The number of fused-ring (bicyclic) bond motifs is 3. The van der Waals surface area contributed by atoms with Gasteiger partial charge in [0.1, 0.15) is 6.04 Å². The van der Waals surface area contributed by atoms with Crippen molar-refractivity contribution in [2.45, 2.75) is 49.7 Å². The fraction of sp³-hybridized carbons (Fsp3) is 0.355. The van der Waals surface area contributed by atoms with Crippen LogP contribution >= 0.6 is 28.7 Å². The summed E-state index contributed by atoms with van der Waals surface area (Å²) in [5, 5.41) is 6.50. The Balaban J connectivity index is 1.17. The van der Waals surface area contributed by atoms with Gasteiger partial charge in [-0.2, -0.15) is 0 Å². The Morgan fingerprint density at radius 3 is 2.46 bits per heavy atom. The first-order valence-electron chi connectivity index (χ1n) is 13.6. The molecule has 1 spiro atoms. The smallest absolute Gasteiger partial charge is 0.245 e. The number of likely N-dealkylation sites (tertiary alicyclic amines) is 1. The lowest BCUT2D eigenvalue weighted by atomic mass is 9.74. The van der Waals surface area contributed by atoms with Crippen molar-refractivity contribution in [1.29, 1.82) is 0 Å². The number of rotatable bonds is 5. The normalized spacial score (nSPS) is 20.3. The van der Waals surface area contributed by atoms with Gasteiger partial charge in [0.2, 0.25) is 11.8 Å². The van der Waals surface area contributed by atoms with Crippen LogP contribution in [0.25, 0.3) is 0 Å². The van der Waals surface area contributed by atoms with Crippen LogP contribution in [0.5, 0.6) is 0 Å². The Hall–Kier alpha value is -2.81. The molecule has 2 amide bonds. The summed E-state index contributed by atoms with van der Waals surface area (Å²) in [6.45, 7) is 2.83. The number of hydrogen-bond acceptors (Lipinski definition) is 5. The third-order valence-corrected chi connectivity index (χ3v) is 9.49. The number of piperidine rings is 1. The zero-order valence-electron chi connectivity index (χ0n) is 21.8. The first-order chi connectivity index (χ1) is 18.9. The molecule has 6 nitrogen and oxygen atoms in total. The molecule has 0 aromatic heterocycles. The molecule has 8 heteroatoms. The van der Waals surface area contributed by atoms with Gasteiger partial charge in [-0.15, -0.1) is 0 Å². The van der Waals surface area contributed by atoms with E-state index >= 15 is 0 Å². The largest absolute Gasteiger partial charge is 0.343 e. The summed E-state index contributed by atoms with van der Waals surface area (Å²) in [5.74, 6) is -0.129. The lowest BCUT2D eigenvalue weighted by Crippen LogP contribution is -2.57. The summed E-state index contributed by atoms with van der Waals surface area (Å²) >= 11 is 8.21. The second kappa shape index (κ2) is 11.0. The van der Waals surface area contributed by atoms with Gasteiger partial charge in [-0.25, -0.2) is 0 Å². The van der Waals surface area contributed by atoms with E-state index in [4.69, 9.17) is 12.8 Å². The molecule has 0 saturated carbocycles. The molecule has 2 N–H and O–H groups in total. The molecule has 3 aliphatic heterocycles. The average molecular weight is 606 g/mol. The van der Waals surface area contributed by atoms with Crippen LogP contribution in [0.1, 0.15) is 35.1 Å². The van der Waals surface area contributed by atoms with Gasteiger partial charge in [0.05, 0.1) is 11.7 Å². The molecule has 3 aromatic carbocycles. The Labute approximate surface area is 243 Å². The fourth-order valence-electron chi connectivity index (χ4n) is 6.38. The van der Waals surface area contributed by atoms with E-state index < -0.39 is 6.04 Å². The Morgan fingerprint density at radius 1 is 1.00 bits per heavy atom. The molecule has 0 bridgehead atoms. The minimum absolute atomic E-state index is 0.00802. The van der Waals surface area contributed by atoms with Gasteiger partial charge in [0, 0.05) is 42.5 Å². The predicted molar refractivity (Wildman–Crippen MR) is 161 cm³/mol. The molecule has 1 fully saturated rings. The zero-order chi connectivity index (χ0) is 27.0. The Morgan fingerprint density at radius 2 is 1.69 bits per heavy atom. The number of benzene rings is 3. The van der Waals surface area contributed by atoms with Gasteiger partial charge in [0.15, 0.2) is 0 Å². The molecule has 1 saturated heterocycles. The number of carbonyl (C=O) groups is 2. The molecule has 39 heavy (non-hydrogen) atoms. The van der Waals surface area contributed by atoms with Gasteiger partial charge >= 0.3 is 0 Å². The fourth-order valence-corrected chi connectivity index (χ4v) is 7.08. The molecule has 3 aliphatic rings. The van der Waals surface area contributed by atoms with Gasteiger partial charge in [0.25, 0.3) is 0 Å². The van der Waals surface area contributed by atoms with E-state index in [1.165, 1.54) is 22.4 Å². The Bertz CT molecular complexity index is 1370. The van der Waals surface area contributed by atoms with E-state index in [2.05, 4.69) is 63.0 Å². The molecule has 3 aromatic rings. The molecule has 0 aliphatic carbocycles. The zero-order valence-corrected chi connectivity index (χ0v) is 24.3. The van der Waals surface area contributed by atoms with E-state index in [1.807, 2.05) is 45.6 Å². The molecule has 202 valence electrons. The molecule has 2 atom stereocenters. The SMILES string of the molecule is O=C(N[C@H](Cc1ccc(Br)cc1)C(=O)N1CCC2(CC1)CN(S)c1ccccc12)[C@@H]1Cc2ccccc2CN1. The second-order valence-electron chi connectivity index (χ2n) is 11.0. The second-order valence-corrected chi connectivity index (χ2v) is 12.4. The summed E-state index contributed by atoms with van der Waals surface area (Å²) in [6.07, 6.45) is 2.84. The predicted octanol–water partition coefficient (Wildman–Crippen LogP) is 4.42. The van der Waals surface area contributed by atoms with Crippen LogP contribution in [0.15, 0.2) is 77.3 Å². The van der Waals surface area contributed by atoms with Crippen molar-refractivity contribution in [3.63, 3.8) is 0 Å². The maximum Gasteiger partial charge on any atom is 0.245 e. The number of para-hydroxylation sites is 1. The lowest BCUT2D eigenvalue weighted by molar-refractivity contribution is -0.138. The summed E-state index contributed by atoms with van der Waals surface area (Å²) < 4.78 is 3.03. The number of amides is 2. The van der Waals surface area contributed by atoms with Crippen LogP contribution in [-0.4, -0.2) is 48.4 Å². The monoisotopic (exact) mass is 604 g/mol. The maximum absolute atomic E-state index is 14.0. The number of anilines is 1. The summed E-state index contributed by atoms with van der Waals surface area (Å²) in [5.41, 5.74) is 5.93. The molecule has 0 unspecified atom stereocenters. The van der Waals surface area contributed by atoms with Gasteiger partial charge in [-0.1, -0.05) is 83.3 Å². The quantitative estimate of drug-likeness (QED) is 0.377. The van der Waals surface area contributed by atoms with E-state index in [-0.39, 0.29) is 23.3 Å². The third-order valence-electron chi connectivity index (χ3n) is 8.60. The van der Waals surface area contributed by atoms with Crippen molar-refractivity contribution in [2.75, 3.05) is 23.9 Å². The number of thiol groups is 1. The summed E-state index contributed by atoms with van der Waals surface area (Å²) in [4.78, 5) is 29.4. The highest BCUT2D eigenvalue weighted by molar-refractivity contribution is 9.10. The highest BCUT2D eigenvalue weighted by Crippen LogP contribution is 2.47. The number of nitrogens with one attached hydrogen (secondary N) is 2. The summed E-state index contributed by atoms with van der Waals surface area (Å²) in [6, 6.07) is 23.7. The molecule has 6 rings (SSSR count). The molecular weight excluding hydrogens is 572 g/mol. The van der Waals surface area contributed by atoms with Crippen molar-refractivity contribution in [3.05, 3.63) is 99.5 Å². The van der Waals surface area contributed by atoms with Crippen LogP contribution in [0.3, 0.4) is 0 Å². The minimum Gasteiger partial charge on any atom is -0.343 e. The van der Waals surface area contributed by atoms with Gasteiger partial charge in [-0.05, 0) is 59.7 Å². The topological polar surface area (TPSA) is 64.7 Å². The molecule has 0 radical (unpaired) electrons. The molecular formula is C31H33BrN4O2S. The van der Waals surface area contributed by atoms with Crippen molar-refractivity contribution in [1.82, 2.24) is 15.5 Å². The van der Waals surface area contributed by atoms with Crippen LogP contribution in [0.2, 0.25) is 0 Å². The van der Waals surface area contributed by atoms with Crippen molar-refractivity contribution in [2.24, 2.45) is 0 Å². The number of halogens is 1. The van der Waals surface area contributed by atoms with Crippen LogP contribution < -0.4 is 14.9 Å². The maximum atomic E-state index is 14.0. The van der Waals surface area contributed by atoms with Crippen LogP contribution in [0, 0.1) is 0 Å². The average Bonchev–Trinajstić information content (AvgIpc) is 3.24. The van der Waals surface area contributed by atoms with E-state index in [1.54, 1.807) is 0 Å². The van der Waals surface area contributed by atoms with Crippen LogP contribution in [-0.2, 0) is 34.4 Å². The Kier molecular flexibility index (Phi) is 7.44. The van der Waals surface area contributed by atoms with Crippen molar-refractivity contribution < 1.29 is 9.59 Å². The highest BCUT2D eigenvalue weighted by atomic mass is 79.9. The number of carbonyl (C=O) groups excluding carboxylic acids is 2. The van der Waals surface area contributed by atoms with E-state index in [0.29, 0.717) is 32.5 Å². The van der Waals surface area contributed by atoms with Crippen LogP contribution in [0.4, 0.5) is 5.69 Å². The highest BCUT2D eigenvalue weighted by Gasteiger charge is 2.45. The van der Waals surface area contributed by atoms with Crippen molar-refractivity contribution >= 4 is 46.2 Å².